The lowest BCUT2D eigenvalue weighted by atomic mass is 9.88. The van der Waals surface area contributed by atoms with Gasteiger partial charge in [-0.05, 0) is 36.8 Å². The number of rotatable bonds is 5. The van der Waals surface area contributed by atoms with Gasteiger partial charge < -0.3 is 10.4 Å². The molecule has 0 aliphatic heterocycles. The van der Waals surface area contributed by atoms with E-state index in [2.05, 4.69) is 37.1 Å². The Bertz CT molecular complexity index is 325. The molecule has 2 N–H and O–H groups in total. The maximum Gasteiger partial charge on any atom is 0.125 e. The van der Waals surface area contributed by atoms with Crippen LogP contribution < -0.4 is 5.32 Å². The minimum Gasteiger partial charge on any atom is -0.393 e. The summed E-state index contributed by atoms with van der Waals surface area (Å²) in [5, 5.41) is 12.4. The first-order valence-electron chi connectivity index (χ1n) is 6.28. The van der Waals surface area contributed by atoms with E-state index >= 15 is 0 Å². The number of anilines is 1. The number of aromatic nitrogens is 1. The largest absolute Gasteiger partial charge is 0.393 e. The minimum absolute atomic E-state index is 0.151. The van der Waals surface area contributed by atoms with Gasteiger partial charge in [0.05, 0.1) is 6.10 Å². The zero-order valence-corrected chi connectivity index (χ0v) is 11.3. The first-order chi connectivity index (χ1) is 7.89. The molecule has 1 aromatic rings. The highest BCUT2D eigenvalue weighted by molar-refractivity contribution is 5.36. The van der Waals surface area contributed by atoms with Crippen LogP contribution in [0.15, 0.2) is 18.3 Å². The summed E-state index contributed by atoms with van der Waals surface area (Å²) in [6, 6.07) is 4.13. The summed E-state index contributed by atoms with van der Waals surface area (Å²) in [6.07, 6.45) is 3.50. The second-order valence-electron chi connectivity index (χ2n) is 5.60. The van der Waals surface area contributed by atoms with Gasteiger partial charge in [0.25, 0.3) is 0 Å². The molecule has 0 saturated carbocycles. The Morgan fingerprint density at radius 2 is 2.06 bits per heavy atom. The lowest BCUT2D eigenvalue weighted by Crippen LogP contribution is -2.12. The third kappa shape index (κ3) is 5.18. The third-order valence-corrected chi connectivity index (χ3v) is 2.73. The summed E-state index contributed by atoms with van der Waals surface area (Å²) >= 11 is 0. The van der Waals surface area contributed by atoms with Gasteiger partial charge in [-0.15, -0.1) is 0 Å². The Morgan fingerprint density at radius 1 is 1.35 bits per heavy atom. The molecule has 0 bridgehead atoms. The SMILES string of the molecule is CC(O)CCCNc1ccc(C(C)(C)C)cn1. The fraction of sp³-hybridized carbons (Fsp3) is 0.643. The van der Waals surface area contributed by atoms with Crippen molar-refractivity contribution in [2.24, 2.45) is 0 Å². The number of pyridine rings is 1. The Morgan fingerprint density at radius 3 is 2.53 bits per heavy atom. The lowest BCUT2D eigenvalue weighted by Gasteiger charge is -2.18. The van der Waals surface area contributed by atoms with Crippen molar-refractivity contribution >= 4 is 5.82 Å². The van der Waals surface area contributed by atoms with E-state index in [4.69, 9.17) is 5.11 Å². The van der Waals surface area contributed by atoms with Gasteiger partial charge in [0.2, 0.25) is 0 Å². The number of hydrogen-bond donors (Lipinski definition) is 2. The highest BCUT2D eigenvalue weighted by Gasteiger charge is 2.13. The monoisotopic (exact) mass is 236 g/mol. The summed E-state index contributed by atoms with van der Waals surface area (Å²) < 4.78 is 0. The summed E-state index contributed by atoms with van der Waals surface area (Å²) in [5.74, 6) is 0.906. The molecule has 96 valence electrons. The molecule has 0 fully saturated rings. The molecule has 0 saturated heterocycles. The molecule has 0 aromatic carbocycles. The maximum absolute atomic E-state index is 9.13. The Balaban J connectivity index is 2.41. The van der Waals surface area contributed by atoms with E-state index in [9.17, 15) is 0 Å². The summed E-state index contributed by atoms with van der Waals surface area (Å²) in [4.78, 5) is 4.39. The molecule has 0 aliphatic carbocycles. The highest BCUT2D eigenvalue weighted by atomic mass is 16.3. The molecule has 1 atom stereocenters. The van der Waals surface area contributed by atoms with Crippen LogP contribution in [0.3, 0.4) is 0 Å². The van der Waals surface area contributed by atoms with Crippen LogP contribution in [0, 0.1) is 0 Å². The van der Waals surface area contributed by atoms with Gasteiger partial charge in [0.1, 0.15) is 5.82 Å². The van der Waals surface area contributed by atoms with E-state index in [0.29, 0.717) is 0 Å². The van der Waals surface area contributed by atoms with Crippen molar-refractivity contribution < 1.29 is 5.11 Å². The van der Waals surface area contributed by atoms with Crippen molar-refractivity contribution in [3.63, 3.8) is 0 Å². The van der Waals surface area contributed by atoms with Crippen molar-refractivity contribution in [2.75, 3.05) is 11.9 Å². The van der Waals surface area contributed by atoms with Crippen LogP contribution >= 0.6 is 0 Å². The van der Waals surface area contributed by atoms with Crippen LogP contribution in [-0.4, -0.2) is 22.7 Å². The van der Waals surface area contributed by atoms with Gasteiger partial charge in [0.15, 0.2) is 0 Å². The smallest absolute Gasteiger partial charge is 0.125 e. The molecule has 1 heterocycles. The number of nitrogens with zero attached hydrogens (tertiary/aromatic N) is 1. The van der Waals surface area contributed by atoms with Crippen LogP contribution in [-0.2, 0) is 5.41 Å². The number of nitrogens with one attached hydrogen (secondary N) is 1. The molecule has 0 spiro atoms. The fourth-order valence-corrected chi connectivity index (χ4v) is 1.56. The number of hydrogen-bond acceptors (Lipinski definition) is 3. The number of aliphatic hydroxyl groups excluding tert-OH is 1. The third-order valence-electron chi connectivity index (χ3n) is 2.73. The average molecular weight is 236 g/mol. The van der Waals surface area contributed by atoms with E-state index in [0.717, 1.165) is 25.2 Å². The molecular formula is C14H24N2O. The average Bonchev–Trinajstić information content (AvgIpc) is 2.23. The van der Waals surface area contributed by atoms with Crippen molar-refractivity contribution in [2.45, 2.75) is 52.1 Å². The van der Waals surface area contributed by atoms with Gasteiger partial charge in [-0.1, -0.05) is 26.8 Å². The summed E-state index contributed by atoms with van der Waals surface area (Å²) in [5.41, 5.74) is 1.39. The molecule has 0 amide bonds. The molecule has 1 aromatic heterocycles. The first-order valence-corrected chi connectivity index (χ1v) is 6.28. The van der Waals surface area contributed by atoms with E-state index in [1.807, 2.05) is 19.2 Å². The topological polar surface area (TPSA) is 45.1 Å². The normalized spacial score (nSPS) is 13.5. The van der Waals surface area contributed by atoms with Crippen molar-refractivity contribution in [3.8, 4) is 0 Å². The molecule has 3 nitrogen and oxygen atoms in total. The first kappa shape index (κ1) is 14.0. The summed E-state index contributed by atoms with van der Waals surface area (Å²) in [6.45, 7) is 9.21. The molecule has 1 rings (SSSR count). The second kappa shape index (κ2) is 6.01. The molecule has 1 unspecified atom stereocenters. The quantitative estimate of drug-likeness (QED) is 0.773. The molecule has 0 radical (unpaired) electrons. The molecule has 3 heteroatoms. The fourth-order valence-electron chi connectivity index (χ4n) is 1.56. The Kier molecular flexibility index (Phi) is 4.94. The van der Waals surface area contributed by atoms with Crippen molar-refractivity contribution in [3.05, 3.63) is 23.9 Å². The predicted molar refractivity (Wildman–Crippen MR) is 72.3 cm³/mol. The highest BCUT2D eigenvalue weighted by Crippen LogP contribution is 2.21. The Hall–Kier alpha value is -1.09. The van der Waals surface area contributed by atoms with Gasteiger partial charge in [-0.3, -0.25) is 0 Å². The van der Waals surface area contributed by atoms with Gasteiger partial charge in [-0.25, -0.2) is 4.98 Å². The van der Waals surface area contributed by atoms with E-state index in [1.165, 1.54) is 5.56 Å². The zero-order valence-electron chi connectivity index (χ0n) is 11.3. The zero-order chi connectivity index (χ0) is 12.9. The van der Waals surface area contributed by atoms with Crippen LogP contribution in [0.2, 0.25) is 0 Å². The summed E-state index contributed by atoms with van der Waals surface area (Å²) in [7, 11) is 0. The van der Waals surface area contributed by atoms with E-state index in [-0.39, 0.29) is 11.5 Å². The van der Waals surface area contributed by atoms with Crippen LogP contribution in [0.5, 0.6) is 0 Å². The van der Waals surface area contributed by atoms with Crippen LogP contribution in [0.25, 0.3) is 0 Å². The van der Waals surface area contributed by atoms with Crippen molar-refractivity contribution in [1.82, 2.24) is 4.98 Å². The second-order valence-corrected chi connectivity index (χ2v) is 5.60. The molecular weight excluding hydrogens is 212 g/mol. The van der Waals surface area contributed by atoms with E-state index < -0.39 is 0 Å². The van der Waals surface area contributed by atoms with Gasteiger partial charge in [-0.2, -0.15) is 0 Å². The van der Waals surface area contributed by atoms with Crippen LogP contribution in [0.4, 0.5) is 5.82 Å². The lowest BCUT2D eigenvalue weighted by molar-refractivity contribution is 0.183. The van der Waals surface area contributed by atoms with Crippen molar-refractivity contribution in [1.29, 1.82) is 0 Å². The minimum atomic E-state index is -0.215. The maximum atomic E-state index is 9.13. The Labute approximate surface area is 104 Å². The van der Waals surface area contributed by atoms with Gasteiger partial charge in [0, 0.05) is 12.7 Å². The number of aliphatic hydroxyl groups is 1. The van der Waals surface area contributed by atoms with Gasteiger partial charge >= 0.3 is 0 Å². The van der Waals surface area contributed by atoms with Crippen LogP contribution in [0.1, 0.15) is 46.1 Å². The van der Waals surface area contributed by atoms with E-state index in [1.54, 1.807) is 0 Å². The molecule has 0 aliphatic rings. The standard InChI is InChI=1S/C14H24N2O/c1-11(17)6-5-9-15-13-8-7-12(10-16-13)14(2,3)4/h7-8,10-11,17H,5-6,9H2,1-4H3,(H,15,16). The predicted octanol–water partition coefficient (Wildman–Crippen LogP) is 2.95. The molecule has 17 heavy (non-hydrogen) atoms.